The summed E-state index contributed by atoms with van der Waals surface area (Å²) in [7, 11) is 0. The first-order valence-corrected chi connectivity index (χ1v) is 43.4. The maximum atomic E-state index is 6.92. The van der Waals surface area contributed by atoms with E-state index in [1.807, 2.05) is 104 Å². The molecule has 129 heavy (non-hydrogen) atoms. The fourth-order valence-corrected chi connectivity index (χ4v) is 19.8. The van der Waals surface area contributed by atoms with Crippen LogP contribution in [0.2, 0.25) is 0 Å². The second-order valence-electron chi connectivity index (χ2n) is 32.6. The first-order chi connectivity index (χ1) is 64.0. The molecule has 0 amide bonds. The second kappa shape index (κ2) is 30.8. The van der Waals surface area contributed by atoms with Crippen LogP contribution in [0.25, 0.3) is 265 Å². The van der Waals surface area contributed by atoms with Crippen LogP contribution in [0.3, 0.4) is 0 Å². The highest BCUT2D eigenvalue weighted by atomic mass is 16.3. The van der Waals surface area contributed by atoms with Gasteiger partial charge in [-0.05, 0) is 213 Å². The third-order valence-corrected chi connectivity index (χ3v) is 25.4. The SMILES string of the molecule is c1cc(-c2ccncc2)cc(-c2c3ccccc3c(-c3oc4ccccc4c4nc5ccccc5c3-4)c3ccccc23)c1.c1cc(-c2ccncc2)nc(-c2c3ccccc3c(-c3oc4ccccc4c4nc5ccccc5c3-4)c3ccccc23)c1.c1ccc(-c2cccc(-c3c4ccccc4c(-c4oc5ccccc5c5nc6ccccc6c4-5)c4ccccc34)c2)nc1. The number of aromatic nitrogens is 7. The molecule has 10 heteroatoms. The van der Waals surface area contributed by atoms with Gasteiger partial charge in [0.15, 0.2) is 0 Å². The van der Waals surface area contributed by atoms with Crippen LogP contribution in [0.5, 0.6) is 0 Å². The molecule has 0 N–H and O–H groups in total. The van der Waals surface area contributed by atoms with Crippen molar-refractivity contribution in [2.24, 2.45) is 0 Å². The highest BCUT2D eigenvalue weighted by Crippen LogP contribution is 2.55. The molecular formula is C119H71N7O3. The minimum Gasteiger partial charge on any atom is -0.455 e. The van der Waals surface area contributed by atoms with Crippen molar-refractivity contribution in [2.75, 3.05) is 0 Å². The number of para-hydroxylation sites is 6. The number of pyridine rings is 4. The molecule has 4 aromatic heterocycles. The lowest BCUT2D eigenvalue weighted by molar-refractivity contribution is 0.623. The zero-order valence-electron chi connectivity index (χ0n) is 69.3. The Bertz CT molecular complexity index is 8030. The molecule has 0 fully saturated rings. The number of benzene rings is 17. The fourth-order valence-electron chi connectivity index (χ4n) is 19.8. The van der Waals surface area contributed by atoms with Crippen LogP contribution in [0, 0.1) is 0 Å². The first-order valence-electron chi connectivity index (χ1n) is 43.4. The predicted octanol–water partition coefficient (Wildman–Crippen LogP) is 31.8. The fraction of sp³-hybridized carbons (Fsp3) is 0. The van der Waals surface area contributed by atoms with Crippen molar-refractivity contribution >= 4 is 130 Å². The van der Waals surface area contributed by atoms with Crippen LogP contribution in [-0.4, -0.2) is 34.9 Å². The summed E-state index contributed by atoms with van der Waals surface area (Å²) in [6.07, 6.45) is 9.14. The lowest BCUT2D eigenvalue weighted by Gasteiger charge is -2.19. The van der Waals surface area contributed by atoms with Gasteiger partial charge in [0.1, 0.15) is 34.0 Å². The van der Waals surface area contributed by atoms with Crippen LogP contribution in [0.1, 0.15) is 0 Å². The van der Waals surface area contributed by atoms with Gasteiger partial charge in [0.2, 0.25) is 0 Å². The van der Waals surface area contributed by atoms with E-state index < -0.39 is 0 Å². The van der Waals surface area contributed by atoms with Gasteiger partial charge in [-0.1, -0.05) is 285 Å². The first kappa shape index (κ1) is 74.2. The summed E-state index contributed by atoms with van der Waals surface area (Å²) >= 11 is 0. The highest BCUT2D eigenvalue weighted by molar-refractivity contribution is 6.28. The molecule has 0 saturated carbocycles. The van der Waals surface area contributed by atoms with Gasteiger partial charge in [0, 0.05) is 96.7 Å². The number of nitrogens with zero attached hydrogens (tertiary/aromatic N) is 7. The van der Waals surface area contributed by atoms with E-state index in [1.54, 1.807) is 12.4 Å². The van der Waals surface area contributed by atoms with Crippen molar-refractivity contribution < 1.29 is 13.3 Å². The van der Waals surface area contributed by atoms with E-state index in [9.17, 15) is 0 Å². The Hall–Kier alpha value is -17.5. The lowest BCUT2D eigenvalue weighted by atomic mass is 9.85. The van der Waals surface area contributed by atoms with Crippen molar-refractivity contribution in [2.45, 2.75) is 0 Å². The van der Waals surface area contributed by atoms with Gasteiger partial charge < -0.3 is 13.3 Å². The molecule has 600 valence electrons. The van der Waals surface area contributed by atoms with Gasteiger partial charge in [-0.2, -0.15) is 0 Å². The van der Waals surface area contributed by atoms with Gasteiger partial charge in [-0.3, -0.25) is 15.0 Å². The highest BCUT2D eigenvalue weighted by Gasteiger charge is 2.32. The van der Waals surface area contributed by atoms with Gasteiger partial charge in [0.05, 0.1) is 67.4 Å². The third kappa shape index (κ3) is 12.4. The molecule has 10 nitrogen and oxygen atoms in total. The quantitative estimate of drug-likeness (QED) is 0.129. The van der Waals surface area contributed by atoms with E-state index in [0.29, 0.717) is 0 Å². The molecule has 27 rings (SSSR count). The Morgan fingerprint density at radius 3 is 0.806 bits per heavy atom. The predicted molar refractivity (Wildman–Crippen MR) is 530 cm³/mol. The van der Waals surface area contributed by atoms with Gasteiger partial charge in [0.25, 0.3) is 0 Å². The summed E-state index contributed by atoms with van der Waals surface area (Å²) in [6.45, 7) is 0. The molecule has 17 aromatic carbocycles. The molecule has 0 aliphatic carbocycles. The van der Waals surface area contributed by atoms with Crippen LogP contribution in [-0.2, 0) is 0 Å². The topological polar surface area (TPSA) is 130 Å². The molecular weight excluding hydrogens is 1580 g/mol. The van der Waals surface area contributed by atoms with Crippen molar-refractivity contribution in [3.8, 4) is 135 Å². The minimum atomic E-state index is 0.816. The Kier molecular flexibility index (Phi) is 17.7. The van der Waals surface area contributed by atoms with Crippen molar-refractivity contribution in [1.82, 2.24) is 34.9 Å². The average Bonchev–Trinajstić information content (AvgIpc) is 1.67. The van der Waals surface area contributed by atoms with Crippen molar-refractivity contribution in [3.63, 3.8) is 0 Å². The maximum Gasteiger partial charge on any atom is 0.146 e. The lowest BCUT2D eigenvalue weighted by Crippen LogP contribution is -1.95. The summed E-state index contributed by atoms with van der Waals surface area (Å²) in [5.41, 5.74) is 27.8. The summed E-state index contributed by atoms with van der Waals surface area (Å²) in [5, 5.41) is 20.1. The number of fused-ring (bicyclic) bond motifs is 21. The molecule has 6 aliphatic rings. The number of hydrogen-bond acceptors (Lipinski definition) is 10. The molecule has 0 saturated heterocycles. The normalized spacial score (nSPS) is 11.7. The summed E-state index contributed by atoms with van der Waals surface area (Å²) < 4.78 is 20.7. The molecule has 10 heterocycles. The van der Waals surface area contributed by atoms with Crippen LogP contribution in [0.15, 0.2) is 445 Å². The maximum absolute atomic E-state index is 6.92. The number of rotatable bonds is 9. The Morgan fingerprint density at radius 1 is 0.155 bits per heavy atom. The summed E-state index contributed by atoms with van der Waals surface area (Å²) in [5.74, 6) is 2.54. The number of hydrogen-bond donors (Lipinski definition) is 0. The third-order valence-electron chi connectivity index (χ3n) is 25.4. The van der Waals surface area contributed by atoms with E-state index in [-0.39, 0.29) is 0 Å². The zero-order valence-corrected chi connectivity index (χ0v) is 69.3. The van der Waals surface area contributed by atoms with Gasteiger partial charge in [-0.15, -0.1) is 0 Å². The molecule has 0 unspecified atom stereocenters. The van der Waals surface area contributed by atoms with E-state index >= 15 is 0 Å². The molecule has 0 bridgehead atoms. The molecule has 0 spiro atoms. The van der Waals surface area contributed by atoms with Gasteiger partial charge in [-0.25, -0.2) is 19.9 Å². The van der Waals surface area contributed by atoms with Crippen LogP contribution < -0.4 is 0 Å². The molecule has 0 radical (unpaired) electrons. The largest absolute Gasteiger partial charge is 0.455 e. The second-order valence-corrected chi connectivity index (χ2v) is 32.6. The Morgan fingerprint density at radius 2 is 0.434 bits per heavy atom. The average molecular weight is 1650 g/mol. The monoisotopic (exact) mass is 1650 g/mol. The van der Waals surface area contributed by atoms with Crippen molar-refractivity contribution in [3.05, 3.63) is 431 Å². The van der Waals surface area contributed by atoms with E-state index in [2.05, 4.69) is 330 Å². The van der Waals surface area contributed by atoms with E-state index in [1.165, 1.54) is 38.2 Å². The van der Waals surface area contributed by atoms with E-state index in [0.717, 1.165) is 227 Å². The summed E-state index contributed by atoms with van der Waals surface area (Å²) in [6, 6.07) is 140. The van der Waals surface area contributed by atoms with Crippen LogP contribution >= 0.6 is 0 Å². The Balaban J connectivity index is 0.000000105. The minimum absolute atomic E-state index is 0.816. The Labute approximate surface area is 739 Å². The van der Waals surface area contributed by atoms with Crippen LogP contribution in [0.4, 0.5) is 0 Å². The molecule has 6 aliphatic heterocycles. The van der Waals surface area contributed by atoms with E-state index in [4.69, 9.17) is 33.2 Å². The standard InChI is InChI=1S/2C40H24N2O.C39H23N3O/c1-3-16-29-27(14-1)36(26-13-11-12-25(24-26)33-20-9-10-23-41-33)28-15-2-4-17-30(28)37(29)40-38-31-18-5-7-21-34(31)42-39(38)32-19-6-8-22-35(32)43-40;1-3-14-30-28(12-1)36(27-11-9-10-26(24-27)25-20-22-41-23-21-25)29-13-2-4-15-31(29)37(30)40-38-32-16-5-7-18-34(32)42-39(38)33-17-6-8-19-35(33)43-40;1-3-12-27-25(10-1)35(33-18-9-17-31(41-33)24-20-22-40-23-21-24)26-11-2-4-13-28(26)36(27)39-37-29-14-5-7-16-32(29)42-38(37)30-15-6-8-19-34(30)43-39/h2*1-24H;1-23H. The molecule has 21 aromatic rings. The zero-order chi connectivity index (χ0) is 85.0. The molecule has 0 atom stereocenters. The smallest absolute Gasteiger partial charge is 0.146 e. The van der Waals surface area contributed by atoms with Gasteiger partial charge >= 0.3 is 0 Å². The summed E-state index contributed by atoms with van der Waals surface area (Å²) in [4.78, 5) is 33.6. The van der Waals surface area contributed by atoms with Crippen molar-refractivity contribution in [1.29, 1.82) is 0 Å².